The summed E-state index contributed by atoms with van der Waals surface area (Å²) in [7, 11) is 0. The molecule has 0 amide bonds. The number of hydrogen-bond acceptors (Lipinski definition) is 1. The number of nitrogen functional groups attached to an aromatic ring is 1. The Hall–Kier alpha value is -0.940. The summed E-state index contributed by atoms with van der Waals surface area (Å²) in [6.45, 7) is 2.12. The first kappa shape index (κ1) is 10.1. The third-order valence-corrected chi connectivity index (χ3v) is 2.10. The molecule has 0 aromatic heterocycles. The van der Waals surface area contributed by atoms with Gasteiger partial charge in [0.05, 0.1) is 5.33 Å². The molecule has 1 aromatic rings. The van der Waals surface area contributed by atoms with E-state index in [1.54, 1.807) is 0 Å². The lowest BCUT2D eigenvalue weighted by Crippen LogP contribution is -1.91. The first-order valence-electron chi connectivity index (χ1n) is 4.21. The molecule has 13 heavy (non-hydrogen) atoms. The van der Waals surface area contributed by atoms with Crippen molar-refractivity contribution in [1.82, 2.24) is 0 Å². The lowest BCUT2D eigenvalue weighted by Gasteiger charge is -2.00. The summed E-state index contributed by atoms with van der Waals surface area (Å²) < 4.78 is 0. The standard InChI is InChI=1S/C11H12BrN/c1-2-9-5-6-11(13)10(8-9)4-3-7-12/h5-6,8H,2,7,13H2,1H3. The number of nitrogens with two attached hydrogens (primary N) is 1. The minimum atomic E-state index is 0.683. The quantitative estimate of drug-likeness (QED) is 0.454. The Kier molecular flexibility index (Phi) is 3.85. The number of alkyl halides is 1. The van der Waals surface area contributed by atoms with Gasteiger partial charge in [0.2, 0.25) is 0 Å². The smallest absolute Gasteiger partial charge is 0.0649 e. The van der Waals surface area contributed by atoms with Gasteiger partial charge in [0.1, 0.15) is 0 Å². The van der Waals surface area contributed by atoms with Gasteiger partial charge in [-0.15, -0.1) is 0 Å². The number of halogens is 1. The van der Waals surface area contributed by atoms with Crippen LogP contribution in [-0.2, 0) is 6.42 Å². The summed E-state index contributed by atoms with van der Waals surface area (Å²) >= 11 is 3.25. The molecule has 0 saturated heterocycles. The zero-order valence-electron chi connectivity index (χ0n) is 7.60. The minimum Gasteiger partial charge on any atom is -0.398 e. The minimum absolute atomic E-state index is 0.683. The summed E-state index contributed by atoms with van der Waals surface area (Å²) in [6, 6.07) is 6.00. The normalized spacial score (nSPS) is 9.08. The fourth-order valence-corrected chi connectivity index (χ4v) is 1.20. The van der Waals surface area contributed by atoms with E-state index in [-0.39, 0.29) is 0 Å². The molecule has 0 aliphatic carbocycles. The molecule has 0 atom stereocenters. The maximum atomic E-state index is 5.77. The monoisotopic (exact) mass is 237 g/mol. The number of rotatable bonds is 1. The van der Waals surface area contributed by atoms with E-state index in [1.165, 1.54) is 5.56 Å². The Labute approximate surface area is 87.5 Å². The van der Waals surface area contributed by atoms with Crippen LogP contribution in [0, 0.1) is 11.8 Å². The van der Waals surface area contributed by atoms with E-state index in [2.05, 4.69) is 34.7 Å². The first-order chi connectivity index (χ1) is 6.27. The van der Waals surface area contributed by atoms with Crippen LogP contribution in [0.4, 0.5) is 5.69 Å². The molecule has 0 radical (unpaired) electrons. The van der Waals surface area contributed by atoms with E-state index in [4.69, 9.17) is 5.73 Å². The van der Waals surface area contributed by atoms with Crippen LogP contribution in [0.1, 0.15) is 18.1 Å². The molecule has 0 fully saturated rings. The Morgan fingerprint density at radius 1 is 1.46 bits per heavy atom. The second-order valence-corrected chi connectivity index (χ2v) is 3.27. The molecule has 0 unspecified atom stereocenters. The number of aryl methyl sites for hydroxylation is 1. The highest BCUT2D eigenvalue weighted by Crippen LogP contribution is 2.13. The van der Waals surface area contributed by atoms with Crippen molar-refractivity contribution in [1.29, 1.82) is 0 Å². The number of benzene rings is 1. The zero-order chi connectivity index (χ0) is 9.68. The molecule has 1 rings (SSSR count). The van der Waals surface area contributed by atoms with Gasteiger partial charge in [0.25, 0.3) is 0 Å². The van der Waals surface area contributed by atoms with Gasteiger partial charge < -0.3 is 5.73 Å². The van der Waals surface area contributed by atoms with Gasteiger partial charge in [-0.05, 0) is 24.1 Å². The molecule has 0 bridgehead atoms. The van der Waals surface area contributed by atoms with Crippen molar-refractivity contribution in [2.75, 3.05) is 11.1 Å². The maximum absolute atomic E-state index is 5.77. The van der Waals surface area contributed by atoms with Gasteiger partial charge >= 0.3 is 0 Å². The van der Waals surface area contributed by atoms with Crippen LogP contribution in [0.15, 0.2) is 18.2 Å². The maximum Gasteiger partial charge on any atom is 0.0649 e. The zero-order valence-corrected chi connectivity index (χ0v) is 9.19. The molecule has 1 aromatic carbocycles. The van der Waals surface area contributed by atoms with Crippen LogP contribution in [0.5, 0.6) is 0 Å². The van der Waals surface area contributed by atoms with Gasteiger partial charge in [0, 0.05) is 11.3 Å². The largest absolute Gasteiger partial charge is 0.398 e. The molecule has 0 heterocycles. The van der Waals surface area contributed by atoms with E-state index in [1.807, 2.05) is 18.2 Å². The first-order valence-corrected chi connectivity index (χ1v) is 5.33. The molecule has 1 nitrogen and oxygen atoms in total. The Bertz CT molecular complexity index is 347. The average Bonchev–Trinajstić information content (AvgIpc) is 2.17. The van der Waals surface area contributed by atoms with Crippen LogP contribution in [-0.4, -0.2) is 5.33 Å². The summed E-state index contributed by atoms with van der Waals surface area (Å²) in [5, 5.41) is 0.683. The fourth-order valence-electron chi connectivity index (χ4n) is 1.06. The molecule has 0 aliphatic rings. The van der Waals surface area contributed by atoms with Crippen molar-refractivity contribution < 1.29 is 0 Å². The molecule has 68 valence electrons. The van der Waals surface area contributed by atoms with E-state index >= 15 is 0 Å². The van der Waals surface area contributed by atoms with Crippen LogP contribution >= 0.6 is 15.9 Å². The highest BCUT2D eigenvalue weighted by molar-refractivity contribution is 9.09. The molecule has 0 spiro atoms. The Morgan fingerprint density at radius 3 is 2.85 bits per heavy atom. The summed E-state index contributed by atoms with van der Waals surface area (Å²) in [5.74, 6) is 5.96. The van der Waals surface area contributed by atoms with Crippen molar-refractivity contribution in [3.05, 3.63) is 29.3 Å². The van der Waals surface area contributed by atoms with Crippen LogP contribution in [0.3, 0.4) is 0 Å². The Balaban J connectivity index is 3.04. The second kappa shape index (κ2) is 4.94. The van der Waals surface area contributed by atoms with E-state index in [0.29, 0.717) is 5.33 Å². The summed E-state index contributed by atoms with van der Waals surface area (Å²) in [5.41, 5.74) is 8.72. The third kappa shape index (κ3) is 2.78. The van der Waals surface area contributed by atoms with Gasteiger partial charge in [-0.25, -0.2) is 0 Å². The highest BCUT2D eigenvalue weighted by atomic mass is 79.9. The van der Waals surface area contributed by atoms with E-state index in [9.17, 15) is 0 Å². The predicted octanol–water partition coefficient (Wildman–Crippen LogP) is 2.58. The predicted molar refractivity (Wildman–Crippen MR) is 60.9 cm³/mol. The average molecular weight is 238 g/mol. The molecular formula is C11H12BrN. The van der Waals surface area contributed by atoms with E-state index < -0.39 is 0 Å². The SMILES string of the molecule is CCc1ccc(N)c(C#CCBr)c1. The van der Waals surface area contributed by atoms with Crippen LogP contribution in [0.2, 0.25) is 0 Å². The van der Waals surface area contributed by atoms with Gasteiger partial charge in [0.15, 0.2) is 0 Å². The second-order valence-electron chi connectivity index (χ2n) is 2.71. The lowest BCUT2D eigenvalue weighted by molar-refractivity contribution is 1.14. The van der Waals surface area contributed by atoms with E-state index in [0.717, 1.165) is 17.7 Å². The summed E-state index contributed by atoms with van der Waals surface area (Å²) in [6.07, 6.45) is 1.02. The fraction of sp³-hybridized carbons (Fsp3) is 0.273. The molecule has 2 N–H and O–H groups in total. The van der Waals surface area contributed by atoms with Crippen molar-refractivity contribution in [2.24, 2.45) is 0 Å². The molecule has 2 heteroatoms. The Morgan fingerprint density at radius 2 is 2.23 bits per heavy atom. The van der Waals surface area contributed by atoms with Crippen molar-refractivity contribution in [3.63, 3.8) is 0 Å². The molecular weight excluding hydrogens is 226 g/mol. The lowest BCUT2D eigenvalue weighted by atomic mass is 10.1. The topological polar surface area (TPSA) is 26.0 Å². The summed E-state index contributed by atoms with van der Waals surface area (Å²) in [4.78, 5) is 0. The van der Waals surface area contributed by atoms with Gasteiger partial charge in [-0.1, -0.05) is 40.8 Å². The molecule has 0 saturated carbocycles. The molecule has 0 aliphatic heterocycles. The van der Waals surface area contributed by atoms with Crippen LogP contribution in [0.25, 0.3) is 0 Å². The highest BCUT2D eigenvalue weighted by Gasteiger charge is 1.96. The number of anilines is 1. The number of hydrogen-bond donors (Lipinski definition) is 1. The third-order valence-electron chi connectivity index (χ3n) is 1.82. The van der Waals surface area contributed by atoms with Crippen LogP contribution < -0.4 is 5.73 Å². The van der Waals surface area contributed by atoms with Crippen molar-refractivity contribution >= 4 is 21.6 Å². The van der Waals surface area contributed by atoms with Gasteiger partial charge in [-0.2, -0.15) is 0 Å². The van der Waals surface area contributed by atoms with Gasteiger partial charge in [-0.3, -0.25) is 0 Å². The van der Waals surface area contributed by atoms with Crippen molar-refractivity contribution in [3.8, 4) is 11.8 Å². The van der Waals surface area contributed by atoms with Crippen molar-refractivity contribution in [2.45, 2.75) is 13.3 Å².